The van der Waals surface area contributed by atoms with Crippen molar-refractivity contribution in [2.24, 2.45) is 5.92 Å². The van der Waals surface area contributed by atoms with Crippen LogP contribution in [0.2, 0.25) is 0 Å². The van der Waals surface area contributed by atoms with Gasteiger partial charge in [0, 0.05) is 46.5 Å². The number of rotatable bonds is 5. The fourth-order valence-electron chi connectivity index (χ4n) is 3.90. The third-order valence-electron chi connectivity index (χ3n) is 5.87. The van der Waals surface area contributed by atoms with Crippen molar-refractivity contribution in [3.63, 3.8) is 0 Å². The lowest BCUT2D eigenvalue weighted by Crippen LogP contribution is -2.47. The minimum atomic E-state index is -4.87. The standard InChI is InChI=1S/C21H21F5N2O4S/c1-10-15(12-5-6-13(22)16(23)17(12)31-3)18(32-20(10,2)21(24,25)26)19(29)28-11-7-8-27-14(9-11)33(4)30/h5-10,15,18H,1-4H3,(H,27,28,29)/t10-,15-,18+,20+,33+/m0/s1. The second-order valence-corrected chi connectivity index (χ2v) is 9.09. The molecule has 1 aliphatic rings. The van der Waals surface area contributed by atoms with Gasteiger partial charge in [0.05, 0.1) is 7.11 Å². The largest absolute Gasteiger partial charge is 0.610 e. The lowest BCUT2D eigenvalue weighted by Gasteiger charge is -2.32. The monoisotopic (exact) mass is 492 g/mol. The van der Waals surface area contributed by atoms with Crippen LogP contribution in [0, 0.1) is 17.6 Å². The van der Waals surface area contributed by atoms with E-state index in [-0.39, 0.29) is 16.3 Å². The predicted octanol–water partition coefficient (Wildman–Crippen LogP) is 4.18. The maximum atomic E-state index is 14.4. The molecule has 1 aromatic carbocycles. The number of alkyl halides is 3. The van der Waals surface area contributed by atoms with Crippen molar-refractivity contribution in [2.45, 2.75) is 42.7 Å². The summed E-state index contributed by atoms with van der Waals surface area (Å²) in [5, 5.41) is 2.58. The molecule has 12 heteroatoms. The molecule has 1 fully saturated rings. The Balaban J connectivity index is 2.07. The molecule has 1 amide bonds. The summed E-state index contributed by atoms with van der Waals surface area (Å²) < 4.78 is 91.8. The van der Waals surface area contributed by atoms with Crippen LogP contribution >= 0.6 is 0 Å². The van der Waals surface area contributed by atoms with Crippen molar-refractivity contribution >= 4 is 22.8 Å². The summed E-state index contributed by atoms with van der Waals surface area (Å²) in [4.78, 5) is 17.0. The predicted molar refractivity (Wildman–Crippen MR) is 109 cm³/mol. The summed E-state index contributed by atoms with van der Waals surface area (Å²) in [5.74, 6) is -6.89. The van der Waals surface area contributed by atoms with Gasteiger partial charge in [-0.3, -0.25) is 4.79 Å². The normalized spacial score (nSPS) is 26.2. The lowest BCUT2D eigenvalue weighted by atomic mass is 9.77. The molecule has 3 rings (SSSR count). The number of amides is 1. The Kier molecular flexibility index (Phi) is 6.92. The highest BCUT2D eigenvalue weighted by molar-refractivity contribution is 7.90. The summed E-state index contributed by atoms with van der Waals surface area (Å²) in [5.41, 5.74) is -2.76. The van der Waals surface area contributed by atoms with Gasteiger partial charge in [0.15, 0.2) is 17.2 Å². The van der Waals surface area contributed by atoms with Crippen LogP contribution in [0.4, 0.5) is 27.6 Å². The summed E-state index contributed by atoms with van der Waals surface area (Å²) in [7, 11) is 1.04. The first-order valence-corrected chi connectivity index (χ1v) is 11.2. The van der Waals surface area contributed by atoms with E-state index in [1.807, 2.05) is 0 Å². The topological polar surface area (TPSA) is 83.5 Å². The number of nitrogens with zero attached hydrogens (tertiary/aromatic N) is 1. The average Bonchev–Trinajstić information content (AvgIpc) is 3.02. The van der Waals surface area contributed by atoms with E-state index < -0.39 is 64.2 Å². The Bertz CT molecular complexity index is 1050. The molecule has 180 valence electrons. The van der Waals surface area contributed by atoms with Crippen molar-refractivity contribution in [1.82, 2.24) is 4.98 Å². The van der Waals surface area contributed by atoms with Crippen molar-refractivity contribution in [3.8, 4) is 5.75 Å². The molecule has 0 aliphatic carbocycles. The van der Waals surface area contributed by atoms with Crippen LogP contribution in [0.5, 0.6) is 5.75 Å². The fourth-order valence-corrected chi connectivity index (χ4v) is 4.40. The van der Waals surface area contributed by atoms with Crippen LogP contribution in [0.25, 0.3) is 0 Å². The molecule has 0 unspecified atom stereocenters. The maximum Gasteiger partial charge on any atom is 0.417 e. The number of pyridine rings is 1. The highest BCUT2D eigenvalue weighted by atomic mass is 32.2. The van der Waals surface area contributed by atoms with E-state index in [0.29, 0.717) is 0 Å². The first-order valence-electron chi connectivity index (χ1n) is 9.68. The number of anilines is 1. The summed E-state index contributed by atoms with van der Waals surface area (Å²) in [6.45, 7) is 2.02. The Labute approximate surface area is 189 Å². The fraction of sp³-hybridized carbons (Fsp3) is 0.429. The van der Waals surface area contributed by atoms with Crippen LogP contribution in [0.3, 0.4) is 0 Å². The third kappa shape index (κ3) is 4.51. The number of hydrogen-bond donors (Lipinski definition) is 1. The van der Waals surface area contributed by atoms with Crippen molar-refractivity contribution in [1.29, 1.82) is 0 Å². The number of nitrogens with one attached hydrogen (secondary N) is 1. The van der Waals surface area contributed by atoms with E-state index in [1.165, 1.54) is 31.5 Å². The van der Waals surface area contributed by atoms with Gasteiger partial charge >= 0.3 is 6.18 Å². The first-order chi connectivity index (χ1) is 15.3. The molecular formula is C21H21F5N2O4S. The number of halogens is 5. The van der Waals surface area contributed by atoms with Gasteiger partial charge in [-0.1, -0.05) is 13.0 Å². The number of methoxy groups -OCH3 is 1. The highest BCUT2D eigenvalue weighted by Gasteiger charge is 2.65. The van der Waals surface area contributed by atoms with Crippen LogP contribution in [0.15, 0.2) is 35.5 Å². The maximum absolute atomic E-state index is 14.4. The van der Waals surface area contributed by atoms with Crippen molar-refractivity contribution in [3.05, 3.63) is 47.7 Å². The van der Waals surface area contributed by atoms with Crippen molar-refractivity contribution < 1.29 is 40.8 Å². The van der Waals surface area contributed by atoms with Gasteiger partial charge in [0.2, 0.25) is 10.8 Å². The minimum Gasteiger partial charge on any atom is -0.610 e. The van der Waals surface area contributed by atoms with E-state index in [1.54, 1.807) is 0 Å². The second-order valence-electron chi connectivity index (χ2n) is 7.77. The van der Waals surface area contributed by atoms with Crippen LogP contribution in [-0.2, 0) is 20.7 Å². The Morgan fingerprint density at radius 2 is 1.97 bits per heavy atom. The van der Waals surface area contributed by atoms with E-state index in [4.69, 9.17) is 9.47 Å². The summed E-state index contributed by atoms with van der Waals surface area (Å²) in [6, 6.07) is 4.50. The quantitative estimate of drug-likeness (QED) is 0.500. The van der Waals surface area contributed by atoms with Gasteiger partial charge in [0.25, 0.3) is 5.91 Å². The molecule has 1 aromatic heterocycles. The number of ether oxygens (including phenoxy) is 2. The number of carbonyl (C=O) groups excluding carboxylic acids is 1. The molecule has 0 saturated carbocycles. The van der Waals surface area contributed by atoms with Crippen molar-refractivity contribution in [2.75, 3.05) is 18.7 Å². The number of benzene rings is 1. The average molecular weight is 492 g/mol. The van der Waals surface area contributed by atoms with E-state index in [2.05, 4.69) is 10.3 Å². The smallest absolute Gasteiger partial charge is 0.417 e. The number of aromatic nitrogens is 1. The van der Waals surface area contributed by atoms with E-state index >= 15 is 0 Å². The molecule has 0 bridgehead atoms. The molecule has 2 aromatic rings. The Morgan fingerprint density at radius 1 is 1.30 bits per heavy atom. The molecule has 1 aliphatic heterocycles. The van der Waals surface area contributed by atoms with E-state index in [0.717, 1.165) is 26.2 Å². The van der Waals surface area contributed by atoms with E-state index in [9.17, 15) is 31.3 Å². The summed E-state index contributed by atoms with van der Waals surface area (Å²) in [6.07, 6.45) is -3.95. The molecule has 1 saturated heterocycles. The molecule has 6 nitrogen and oxygen atoms in total. The van der Waals surface area contributed by atoms with Gasteiger partial charge in [-0.2, -0.15) is 17.6 Å². The second kappa shape index (κ2) is 9.07. The van der Waals surface area contributed by atoms with Crippen LogP contribution in [0.1, 0.15) is 25.3 Å². The van der Waals surface area contributed by atoms with Gasteiger partial charge in [0.1, 0.15) is 12.4 Å². The molecule has 1 N–H and O–H groups in total. The highest BCUT2D eigenvalue weighted by Crippen LogP contribution is 2.55. The summed E-state index contributed by atoms with van der Waals surface area (Å²) >= 11 is -1.47. The molecule has 0 spiro atoms. The minimum absolute atomic E-state index is 0.132. The molecule has 2 heterocycles. The van der Waals surface area contributed by atoms with Gasteiger partial charge in [-0.05, 0) is 19.1 Å². The molecule has 33 heavy (non-hydrogen) atoms. The van der Waals surface area contributed by atoms with Gasteiger partial charge < -0.3 is 19.3 Å². The third-order valence-corrected chi connectivity index (χ3v) is 6.68. The Hall–Kier alpha value is -2.44. The number of carbonyl (C=O) groups is 1. The molecular weight excluding hydrogens is 471 g/mol. The number of hydrogen-bond acceptors (Lipinski definition) is 5. The van der Waals surface area contributed by atoms with Gasteiger partial charge in [-0.25, -0.2) is 9.37 Å². The lowest BCUT2D eigenvalue weighted by molar-refractivity contribution is -0.272. The SMILES string of the molecule is COc1c([C@H]2[C@H](C(=O)Nc3ccnc([S@@+](C)[O-])c3)O[C@@](C)(C(F)(F)F)[C@H]2C)ccc(F)c1F. The molecule has 0 radical (unpaired) electrons. The zero-order valence-corrected chi connectivity index (χ0v) is 18.8. The van der Waals surface area contributed by atoms with Crippen LogP contribution in [-0.4, -0.2) is 46.7 Å². The zero-order valence-electron chi connectivity index (χ0n) is 18.0. The zero-order chi connectivity index (χ0) is 24.7. The van der Waals surface area contributed by atoms with Gasteiger partial charge in [-0.15, -0.1) is 0 Å². The Morgan fingerprint density at radius 3 is 2.55 bits per heavy atom. The molecule has 5 atom stereocenters. The first kappa shape index (κ1) is 25.2. The van der Waals surface area contributed by atoms with Crippen LogP contribution < -0.4 is 10.1 Å².